The first-order chi connectivity index (χ1) is 16.8. The molecule has 4 heterocycles. The van der Waals surface area contributed by atoms with Crippen molar-refractivity contribution in [3.63, 3.8) is 0 Å². The van der Waals surface area contributed by atoms with Crippen molar-refractivity contribution in [2.45, 2.75) is 78.1 Å². The Morgan fingerprint density at radius 1 is 0.618 bits per heavy atom. The number of benzene rings is 1. The number of thiazole rings is 4. The number of unbranched alkanes of at least 4 members (excludes halogenated alkanes) is 6. The van der Waals surface area contributed by atoms with E-state index in [1.807, 2.05) is 35.1 Å². The van der Waals surface area contributed by atoms with E-state index in [1.54, 1.807) is 22.7 Å². The van der Waals surface area contributed by atoms with Crippen LogP contribution in [-0.2, 0) is 12.8 Å². The second-order valence-electron chi connectivity index (χ2n) is 8.62. The third-order valence-corrected chi connectivity index (χ3v) is 9.90. The maximum absolute atomic E-state index is 5.22. The lowest BCUT2D eigenvalue weighted by molar-refractivity contribution is 0.666. The van der Waals surface area contributed by atoms with Crippen LogP contribution >= 0.6 is 45.3 Å². The smallest absolute Gasteiger partial charge is 0.127 e. The van der Waals surface area contributed by atoms with Gasteiger partial charge in [-0.25, -0.2) is 19.9 Å². The number of hydrogen-bond donors (Lipinski definition) is 0. The van der Waals surface area contributed by atoms with Crippen LogP contribution in [0, 0.1) is 0 Å². The van der Waals surface area contributed by atoms with Gasteiger partial charge in [0.2, 0.25) is 0 Å². The average Bonchev–Trinajstić information content (AvgIpc) is 3.65. The summed E-state index contributed by atoms with van der Waals surface area (Å²) >= 11 is 7.07. The normalized spacial score (nSPS) is 11.8. The van der Waals surface area contributed by atoms with Gasteiger partial charge < -0.3 is 0 Å². The number of aromatic nitrogens is 4. The Balaban J connectivity index is 1.67. The van der Waals surface area contributed by atoms with Gasteiger partial charge in [0.05, 0.1) is 41.6 Å². The number of rotatable bonds is 12. The Bertz CT molecular complexity index is 1180. The van der Waals surface area contributed by atoms with Crippen molar-refractivity contribution in [3.05, 3.63) is 33.2 Å². The highest BCUT2D eigenvalue weighted by Crippen LogP contribution is 2.48. The molecule has 0 aliphatic rings. The van der Waals surface area contributed by atoms with Crippen molar-refractivity contribution in [2.75, 3.05) is 0 Å². The topological polar surface area (TPSA) is 51.6 Å². The molecule has 0 radical (unpaired) electrons. The molecule has 4 nitrogen and oxygen atoms in total. The molecule has 0 unspecified atom stereocenters. The van der Waals surface area contributed by atoms with Crippen LogP contribution in [0.4, 0.5) is 0 Å². The highest BCUT2D eigenvalue weighted by molar-refractivity contribution is 7.22. The molecule has 0 aliphatic heterocycles. The van der Waals surface area contributed by atoms with Gasteiger partial charge in [-0.3, -0.25) is 0 Å². The van der Waals surface area contributed by atoms with Crippen molar-refractivity contribution in [1.82, 2.24) is 19.9 Å². The molecular weight excluding hydrogens is 497 g/mol. The van der Waals surface area contributed by atoms with Crippen molar-refractivity contribution < 1.29 is 0 Å². The summed E-state index contributed by atoms with van der Waals surface area (Å²) in [4.78, 5) is 19.9. The van der Waals surface area contributed by atoms with Gasteiger partial charge in [-0.1, -0.05) is 52.4 Å². The van der Waals surface area contributed by atoms with E-state index in [0.29, 0.717) is 0 Å². The Hall–Kier alpha value is -1.74. The molecule has 0 fully saturated rings. The molecular formula is C26H30N4S4. The molecule has 0 bridgehead atoms. The van der Waals surface area contributed by atoms with Gasteiger partial charge in [0.25, 0.3) is 0 Å². The summed E-state index contributed by atoms with van der Waals surface area (Å²) in [6.45, 7) is 4.52. The first-order valence-electron chi connectivity index (χ1n) is 12.3. The van der Waals surface area contributed by atoms with Gasteiger partial charge >= 0.3 is 0 Å². The third-order valence-electron chi connectivity index (χ3n) is 6.05. The monoisotopic (exact) mass is 526 g/mol. The highest BCUT2D eigenvalue weighted by Gasteiger charge is 2.25. The molecule has 0 saturated carbocycles. The van der Waals surface area contributed by atoms with Crippen LogP contribution in [0.25, 0.3) is 41.6 Å². The van der Waals surface area contributed by atoms with E-state index in [-0.39, 0.29) is 0 Å². The lowest BCUT2D eigenvalue weighted by atomic mass is 10.1. The summed E-state index contributed by atoms with van der Waals surface area (Å²) in [5.74, 6) is 0. The summed E-state index contributed by atoms with van der Waals surface area (Å²) < 4.78 is 2.45. The summed E-state index contributed by atoms with van der Waals surface area (Å²) in [7, 11) is 0. The standard InChI is InChI=1S/C26H30N4S4/c1-3-5-7-9-11-17-29-21-19(25-27-13-15-31-25)24-22(30-18(34-24)12-10-8-6-4-2)20(23(21)33-17)26-28-14-16-32-26/h13-16H,3-12H2,1-2H3. The second kappa shape index (κ2) is 11.3. The Kier molecular flexibility index (Phi) is 7.99. The molecule has 1 aromatic carbocycles. The summed E-state index contributed by atoms with van der Waals surface area (Å²) in [6, 6.07) is 0. The fraction of sp³-hybridized carbons (Fsp3) is 0.462. The fourth-order valence-electron chi connectivity index (χ4n) is 4.33. The maximum atomic E-state index is 5.22. The van der Waals surface area contributed by atoms with Crippen LogP contribution in [0.1, 0.15) is 75.2 Å². The number of hydrogen-bond acceptors (Lipinski definition) is 8. The van der Waals surface area contributed by atoms with E-state index < -0.39 is 0 Å². The van der Waals surface area contributed by atoms with Gasteiger partial charge in [-0.2, -0.15) is 0 Å². The molecule has 0 atom stereocenters. The molecule has 0 amide bonds. The van der Waals surface area contributed by atoms with Gasteiger partial charge in [-0.05, 0) is 25.7 Å². The Morgan fingerprint density at radius 2 is 1.09 bits per heavy atom. The van der Waals surface area contributed by atoms with E-state index in [9.17, 15) is 0 Å². The molecule has 5 aromatic rings. The Morgan fingerprint density at radius 3 is 1.47 bits per heavy atom. The second-order valence-corrected chi connectivity index (χ2v) is 12.6. The Labute approximate surface area is 217 Å². The summed E-state index contributed by atoms with van der Waals surface area (Å²) in [5, 5.41) is 8.66. The van der Waals surface area contributed by atoms with Crippen LogP contribution in [0.2, 0.25) is 0 Å². The zero-order valence-electron chi connectivity index (χ0n) is 19.8. The fourth-order valence-corrected chi connectivity index (χ4v) is 8.16. The lowest BCUT2D eigenvalue weighted by Gasteiger charge is -2.05. The van der Waals surface area contributed by atoms with Crippen LogP contribution in [-0.4, -0.2) is 19.9 Å². The minimum Gasteiger partial charge on any atom is -0.244 e. The average molecular weight is 527 g/mol. The van der Waals surface area contributed by atoms with Crippen molar-refractivity contribution in [3.8, 4) is 21.1 Å². The molecule has 0 aliphatic carbocycles. The molecule has 0 spiro atoms. The van der Waals surface area contributed by atoms with E-state index in [1.165, 1.54) is 81.9 Å². The maximum Gasteiger partial charge on any atom is 0.127 e. The zero-order chi connectivity index (χ0) is 23.3. The highest BCUT2D eigenvalue weighted by atomic mass is 32.1. The predicted molar refractivity (Wildman–Crippen MR) is 151 cm³/mol. The van der Waals surface area contributed by atoms with E-state index in [4.69, 9.17) is 19.9 Å². The van der Waals surface area contributed by atoms with E-state index in [0.717, 1.165) is 33.9 Å². The molecule has 34 heavy (non-hydrogen) atoms. The van der Waals surface area contributed by atoms with E-state index >= 15 is 0 Å². The number of aryl methyl sites for hydroxylation is 2. The van der Waals surface area contributed by atoms with Crippen LogP contribution in [0.15, 0.2) is 23.2 Å². The molecule has 0 N–H and O–H groups in total. The van der Waals surface area contributed by atoms with Crippen molar-refractivity contribution in [1.29, 1.82) is 0 Å². The zero-order valence-corrected chi connectivity index (χ0v) is 23.1. The minimum absolute atomic E-state index is 1.04. The van der Waals surface area contributed by atoms with Gasteiger partial charge in [0, 0.05) is 23.2 Å². The summed E-state index contributed by atoms with van der Waals surface area (Å²) in [5.41, 5.74) is 4.52. The number of fused-ring (bicyclic) bond motifs is 2. The SMILES string of the molecule is CCCCCCc1nc2c(-c3nccs3)c3sc(CCCCCC)nc3c(-c3nccs3)c2s1. The van der Waals surface area contributed by atoms with Crippen LogP contribution in [0.5, 0.6) is 0 Å². The first kappa shape index (κ1) is 24.0. The van der Waals surface area contributed by atoms with Crippen LogP contribution < -0.4 is 0 Å². The van der Waals surface area contributed by atoms with E-state index in [2.05, 4.69) is 24.6 Å². The lowest BCUT2D eigenvalue weighted by Crippen LogP contribution is -1.88. The molecule has 4 aromatic heterocycles. The van der Waals surface area contributed by atoms with Gasteiger partial charge in [0.1, 0.15) is 10.0 Å². The quantitative estimate of drug-likeness (QED) is 0.152. The van der Waals surface area contributed by atoms with Gasteiger partial charge in [0.15, 0.2) is 0 Å². The largest absolute Gasteiger partial charge is 0.244 e. The summed E-state index contributed by atoms with van der Waals surface area (Å²) in [6.07, 6.45) is 15.9. The van der Waals surface area contributed by atoms with Crippen molar-refractivity contribution in [2.24, 2.45) is 0 Å². The number of nitrogens with zero attached hydrogens (tertiary/aromatic N) is 4. The van der Waals surface area contributed by atoms with Gasteiger partial charge in [-0.15, -0.1) is 45.3 Å². The molecule has 178 valence electrons. The molecule has 5 rings (SSSR count). The molecule has 0 saturated heterocycles. The third kappa shape index (κ3) is 4.96. The minimum atomic E-state index is 1.04. The van der Waals surface area contributed by atoms with Crippen LogP contribution in [0.3, 0.4) is 0 Å². The van der Waals surface area contributed by atoms with Crippen molar-refractivity contribution >= 4 is 65.8 Å². The first-order valence-corrected chi connectivity index (χ1v) is 15.7. The predicted octanol–water partition coefficient (Wildman–Crippen LogP) is 9.40. The molecule has 8 heteroatoms.